The van der Waals surface area contributed by atoms with E-state index in [1.54, 1.807) is 42.5 Å². The molecule has 0 aliphatic heterocycles. The highest BCUT2D eigenvalue weighted by atomic mass is 79.9. The number of anilines is 1. The van der Waals surface area contributed by atoms with Gasteiger partial charge in [0.15, 0.2) is 0 Å². The van der Waals surface area contributed by atoms with Gasteiger partial charge in [0, 0.05) is 10.2 Å². The SMILES string of the molecule is O=C(Nc1ccc(CO)cc1)c1cc(Br)ccc1Cl. The first-order chi connectivity index (χ1) is 9.10. The molecular formula is C14H11BrClNO2. The Bertz CT molecular complexity index is 599. The molecule has 0 aromatic heterocycles. The van der Waals surface area contributed by atoms with Crippen molar-refractivity contribution >= 4 is 39.1 Å². The summed E-state index contributed by atoms with van der Waals surface area (Å²) in [6.45, 7) is -0.0221. The monoisotopic (exact) mass is 339 g/mol. The van der Waals surface area contributed by atoms with Gasteiger partial charge in [-0.2, -0.15) is 0 Å². The molecule has 0 spiro atoms. The molecule has 0 aliphatic rings. The first-order valence-corrected chi connectivity index (χ1v) is 6.73. The van der Waals surface area contributed by atoms with E-state index in [0.29, 0.717) is 16.3 Å². The molecule has 0 bridgehead atoms. The van der Waals surface area contributed by atoms with Crippen LogP contribution in [0, 0.1) is 0 Å². The second-order valence-corrected chi connectivity index (χ2v) is 5.26. The smallest absolute Gasteiger partial charge is 0.257 e. The third-order valence-electron chi connectivity index (χ3n) is 2.57. The third kappa shape index (κ3) is 3.56. The summed E-state index contributed by atoms with van der Waals surface area (Å²) in [5.41, 5.74) is 1.85. The molecule has 2 aromatic rings. The highest BCUT2D eigenvalue weighted by Crippen LogP contribution is 2.22. The van der Waals surface area contributed by atoms with E-state index in [2.05, 4.69) is 21.2 Å². The molecule has 0 aliphatic carbocycles. The summed E-state index contributed by atoms with van der Waals surface area (Å²) in [7, 11) is 0. The van der Waals surface area contributed by atoms with E-state index in [1.165, 1.54) is 0 Å². The topological polar surface area (TPSA) is 49.3 Å². The second kappa shape index (κ2) is 6.19. The third-order valence-corrected chi connectivity index (χ3v) is 3.39. The van der Waals surface area contributed by atoms with Crippen LogP contribution in [-0.2, 0) is 6.61 Å². The van der Waals surface area contributed by atoms with E-state index in [1.807, 2.05) is 0 Å². The maximum atomic E-state index is 12.1. The molecule has 0 radical (unpaired) electrons. The summed E-state index contributed by atoms with van der Waals surface area (Å²) in [6.07, 6.45) is 0. The summed E-state index contributed by atoms with van der Waals surface area (Å²) < 4.78 is 0.790. The number of carbonyl (C=O) groups is 1. The number of aliphatic hydroxyl groups excluding tert-OH is 1. The fourth-order valence-electron chi connectivity index (χ4n) is 1.56. The number of hydrogen-bond acceptors (Lipinski definition) is 2. The minimum Gasteiger partial charge on any atom is -0.392 e. The lowest BCUT2D eigenvalue weighted by Gasteiger charge is -2.07. The maximum absolute atomic E-state index is 12.1. The average molecular weight is 341 g/mol. The summed E-state index contributed by atoms with van der Waals surface area (Å²) in [5.74, 6) is -0.275. The largest absolute Gasteiger partial charge is 0.392 e. The van der Waals surface area contributed by atoms with Gasteiger partial charge in [-0.05, 0) is 35.9 Å². The molecule has 0 fully saturated rings. The molecule has 1 amide bonds. The van der Waals surface area contributed by atoms with Crippen LogP contribution in [0.4, 0.5) is 5.69 Å². The molecule has 0 atom stereocenters. The van der Waals surface area contributed by atoms with Crippen molar-refractivity contribution in [1.82, 2.24) is 0 Å². The Hall–Kier alpha value is -1.36. The van der Waals surface area contributed by atoms with Gasteiger partial charge >= 0.3 is 0 Å². The predicted octanol–water partition coefficient (Wildman–Crippen LogP) is 3.85. The molecule has 5 heteroatoms. The van der Waals surface area contributed by atoms with Crippen LogP contribution in [0.2, 0.25) is 5.02 Å². The van der Waals surface area contributed by atoms with E-state index in [9.17, 15) is 4.79 Å². The van der Waals surface area contributed by atoms with Crippen LogP contribution in [0.15, 0.2) is 46.9 Å². The van der Waals surface area contributed by atoms with Crippen molar-refractivity contribution in [2.75, 3.05) is 5.32 Å². The molecule has 0 heterocycles. The lowest BCUT2D eigenvalue weighted by atomic mass is 10.2. The van der Waals surface area contributed by atoms with Crippen LogP contribution in [0.25, 0.3) is 0 Å². The quantitative estimate of drug-likeness (QED) is 0.891. The van der Waals surface area contributed by atoms with Gasteiger partial charge in [-0.3, -0.25) is 4.79 Å². The summed E-state index contributed by atoms with van der Waals surface area (Å²) in [5, 5.41) is 12.1. The molecule has 0 saturated carbocycles. The van der Waals surface area contributed by atoms with Gasteiger partial charge in [0.25, 0.3) is 5.91 Å². The summed E-state index contributed by atoms with van der Waals surface area (Å²) >= 11 is 9.29. The molecular weight excluding hydrogens is 330 g/mol. The fraction of sp³-hybridized carbons (Fsp3) is 0.0714. The highest BCUT2D eigenvalue weighted by molar-refractivity contribution is 9.10. The zero-order chi connectivity index (χ0) is 13.8. The first kappa shape index (κ1) is 14.1. The Kier molecular flexibility index (Phi) is 4.58. The number of carbonyl (C=O) groups excluding carboxylic acids is 1. The Morgan fingerprint density at radius 3 is 2.53 bits per heavy atom. The van der Waals surface area contributed by atoms with Crippen molar-refractivity contribution in [1.29, 1.82) is 0 Å². The molecule has 0 saturated heterocycles. The average Bonchev–Trinajstić information content (AvgIpc) is 2.42. The van der Waals surface area contributed by atoms with E-state index < -0.39 is 0 Å². The normalized spacial score (nSPS) is 10.3. The van der Waals surface area contributed by atoms with Crippen LogP contribution in [0.5, 0.6) is 0 Å². The van der Waals surface area contributed by atoms with Gasteiger partial charge < -0.3 is 10.4 Å². The number of benzene rings is 2. The van der Waals surface area contributed by atoms with Crippen LogP contribution in [0.3, 0.4) is 0 Å². The zero-order valence-electron chi connectivity index (χ0n) is 9.86. The van der Waals surface area contributed by atoms with Crippen molar-refractivity contribution < 1.29 is 9.90 Å². The van der Waals surface area contributed by atoms with Crippen LogP contribution < -0.4 is 5.32 Å². The van der Waals surface area contributed by atoms with Gasteiger partial charge in [-0.15, -0.1) is 0 Å². The zero-order valence-corrected chi connectivity index (χ0v) is 12.2. The van der Waals surface area contributed by atoms with Gasteiger partial charge in [0.1, 0.15) is 0 Å². The Morgan fingerprint density at radius 2 is 1.89 bits per heavy atom. The van der Waals surface area contributed by atoms with Gasteiger partial charge in [0.05, 0.1) is 17.2 Å². The number of nitrogens with one attached hydrogen (secondary N) is 1. The van der Waals surface area contributed by atoms with Crippen LogP contribution in [-0.4, -0.2) is 11.0 Å². The number of aliphatic hydroxyl groups is 1. The molecule has 19 heavy (non-hydrogen) atoms. The number of hydrogen-bond donors (Lipinski definition) is 2. The van der Waals surface area contributed by atoms with Crippen molar-refractivity contribution in [3.63, 3.8) is 0 Å². The van der Waals surface area contributed by atoms with E-state index in [-0.39, 0.29) is 12.5 Å². The predicted molar refractivity (Wildman–Crippen MR) is 79.5 cm³/mol. The first-order valence-electron chi connectivity index (χ1n) is 5.56. The van der Waals surface area contributed by atoms with E-state index >= 15 is 0 Å². The van der Waals surface area contributed by atoms with Crippen molar-refractivity contribution in [3.8, 4) is 0 Å². The summed E-state index contributed by atoms with van der Waals surface area (Å²) in [4.78, 5) is 12.1. The lowest BCUT2D eigenvalue weighted by molar-refractivity contribution is 0.102. The number of rotatable bonds is 3. The van der Waals surface area contributed by atoms with Gasteiger partial charge in [0.2, 0.25) is 0 Å². The molecule has 98 valence electrons. The van der Waals surface area contributed by atoms with E-state index in [0.717, 1.165) is 10.0 Å². The highest BCUT2D eigenvalue weighted by Gasteiger charge is 2.11. The molecule has 2 rings (SSSR count). The standard InChI is InChI=1S/C14H11BrClNO2/c15-10-3-6-13(16)12(7-10)14(19)17-11-4-1-9(8-18)2-5-11/h1-7,18H,8H2,(H,17,19). The van der Waals surface area contributed by atoms with Crippen LogP contribution >= 0.6 is 27.5 Å². The van der Waals surface area contributed by atoms with Crippen molar-refractivity contribution in [2.24, 2.45) is 0 Å². The Labute approximate surface area is 124 Å². The van der Waals surface area contributed by atoms with Crippen LogP contribution in [0.1, 0.15) is 15.9 Å². The van der Waals surface area contributed by atoms with Gasteiger partial charge in [-0.25, -0.2) is 0 Å². The van der Waals surface area contributed by atoms with E-state index in [4.69, 9.17) is 16.7 Å². The molecule has 2 aromatic carbocycles. The summed E-state index contributed by atoms with van der Waals surface area (Å²) in [6, 6.07) is 12.1. The van der Waals surface area contributed by atoms with Crippen molar-refractivity contribution in [2.45, 2.75) is 6.61 Å². The number of amides is 1. The number of halogens is 2. The Morgan fingerprint density at radius 1 is 1.21 bits per heavy atom. The molecule has 2 N–H and O–H groups in total. The molecule has 3 nitrogen and oxygen atoms in total. The molecule has 0 unspecified atom stereocenters. The maximum Gasteiger partial charge on any atom is 0.257 e. The van der Waals surface area contributed by atoms with Gasteiger partial charge in [-0.1, -0.05) is 39.7 Å². The van der Waals surface area contributed by atoms with Crippen molar-refractivity contribution in [3.05, 3.63) is 63.1 Å². The lowest BCUT2D eigenvalue weighted by Crippen LogP contribution is -2.12. The fourth-order valence-corrected chi connectivity index (χ4v) is 2.13. The second-order valence-electron chi connectivity index (χ2n) is 3.93. The minimum absolute atomic E-state index is 0.0221. The minimum atomic E-state index is -0.275. The Balaban J connectivity index is 2.18.